The number of nitrogens with one attached hydrogen (secondary N) is 2. The number of carbonyl (C=O) groups is 1. The summed E-state index contributed by atoms with van der Waals surface area (Å²) in [6.07, 6.45) is -3.09. The zero-order valence-electron chi connectivity index (χ0n) is 21.5. The van der Waals surface area contributed by atoms with Crippen LogP contribution < -0.4 is 20.2 Å². The first-order chi connectivity index (χ1) is 19.6. The van der Waals surface area contributed by atoms with Crippen molar-refractivity contribution in [2.75, 3.05) is 11.9 Å². The average molecular weight is 651 g/mol. The van der Waals surface area contributed by atoms with Gasteiger partial charge in [0.1, 0.15) is 12.4 Å². The summed E-state index contributed by atoms with van der Waals surface area (Å²) in [6.45, 7) is 2.42. The number of amides is 1. The second kappa shape index (κ2) is 13.6. The molecular weight excluding hydrogens is 628 g/mol. The number of rotatable bonds is 11. The van der Waals surface area contributed by atoms with Gasteiger partial charge >= 0.3 is 6.18 Å². The van der Waals surface area contributed by atoms with E-state index in [1.54, 1.807) is 29.6 Å². The second-order valence-electron chi connectivity index (χ2n) is 8.50. The van der Waals surface area contributed by atoms with Gasteiger partial charge in [-0.1, -0.05) is 18.2 Å². The number of hydrazone groups is 1. The van der Waals surface area contributed by atoms with Crippen LogP contribution in [-0.2, 0) is 24.0 Å². The summed E-state index contributed by atoms with van der Waals surface area (Å²) in [5.41, 5.74) is 3.73. The first-order valence-corrected chi connectivity index (χ1v) is 13.8. The highest BCUT2D eigenvalue weighted by Crippen LogP contribution is 2.37. The minimum atomic E-state index is -4.45. The van der Waals surface area contributed by atoms with Gasteiger partial charge in [-0.2, -0.15) is 18.3 Å². The van der Waals surface area contributed by atoms with Crippen molar-refractivity contribution in [3.63, 3.8) is 0 Å². The first-order valence-electron chi connectivity index (χ1n) is 12.1. The number of carbonyl (C=O) groups excluding carboxylic acids is 1. The summed E-state index contributed by atoms with van der Waals surface area (Å²) in [4.78, 5) is 16.6. The number of benzene rings is 3. The highest BCUT2D eigenvalue weighted by molar-refractivity contribution is 9.10. The lowest BCUT2D eigenvalue weighted by Gasteiger charge is -2.14. The third-order valence-corrected chi connectivity index (χ3v) is 6.76. The molecule has 0 bridgehead atoms. The van der Waals surface area contributed by atoms with Crippen molar-refractivity contribution in [3.8, 4) is 11.5 Å². The van der Waals surface area contributed by atoms with Crippen LogP contribution in [0.25, 0.3) is 0 Å². The highest BCUT2D eigenvalue weighted by atomic mass is 79.9. The molecule has 1 aromatic heterocycles. The molecule has 0 aliphatic rings. The highest BCUT2D eigenvalue weighted by Gasteiger charge is 2.30. The molecule has 4 aromatic rings. The third-order valence-electron chi connectivity index (χ3n) is 5.37. The fourth-order valence-corrected chi connectivity index (χ4v) is 4.83. The molecular formula is C28H23BrF4N4O3S. The Hall–Kier alpha value is -3.97. The molecule has 0 saturated carbocycles. The quantitative estimate of drug-likeness (QED) is 0.0999. The average Bonchev–Trinajstić information content (AvgIpc) is 3.35. The Kier molecular flexibility index (Phi) is 9.95. The van der Waals surface area contributed by atoms with E-state index in [0.29, 0.717) is 39.0 Å². The predicted molar refractivity (Wildman–Crippen MR) is 152 cm³/mol. The minimum absolute atomic E-state index is 0.0812. The molecule has 0 radical (unpaired) electrons. The predicted octanol–water partition coefficient (Wildman–Crippen LogP) is 7.48. The Morgan fingerprint density at radius 1 is 1.12 bits per heavy atom. The molecule has 1 heterocycles. The lowest BCUT2D eigenvalue weighted by atomic mass is 10.2. The van der Waals surface area contributed by atoms with Crippen LogP contribution in [-0.4, -0.2) is 23.7 Å². The van der Waals surface area contributed by atoms with E-state index in [0.717, 1.165) is 29.0 Å². The smallest absolute Gasteiger partial charge is 0.416 e. The summed E-state index contributed by atoms with van der Waals surface area (Å²) in [5.74, 6) is 0.166. The molecule has 0 fully saturated rings. The first kappa shape index (κ1) is 30.0. The van der Waals surface area contributed by atoms with E-state index >= 15 is 0 Å². The molecule has 0 aliphatic carbocycles. The molecule has 0 saturated heterocycles. The normalized spacial score (nSPS) is 11.5. The molecule has 0 spiro atoms. The number of aromatic nitrogens is 1. The van der Waals surface area contributed by atoms with E-state index in [1.807, 2.05) is 6.92 Å². The van der Waals surface area contributed by atoms with Crippen molar-refractivity contribution in [2.24, 2.45) is 5.10 Å². The van der Waals surface area contributed by atoms with Crippen LogP contribution in [0.1, 0.15) is 29.3 Å². The van der Waals surface area contributed by atoms with Crippen LogP contribution in [0, 0.1) is 5.82 Å². The number of ether oxygens (including phenoxy) is 2. The maximum atomic E-state index is 13.2. The van der Waals surface area contributed by atoms with Crippen molar-refractivity contribution in [3.05, 3.63) is 98.7 Å². The second-order valence-corrected chi connectivity index (χ2v) is 10.2. The number of halogens is 5. The monoisotopic (exact) mass is 650 g/mol. The molecule has 0 atom stereocenters. The van der Waals surface area contributed by atoms with E-state index in [9.17, 15) is 22.4 Å². The molecule has 7 nitrogen and oxygen atoms in total. The van der Waals surface area contributed by atoms with Gasteiger partial charge < -0.3 is 14.8 Å². The van der Waals surface area contributed by atoms with E-state index in [2.05, 4.69) is 36.8 Å². The summed E-state index contributed by atoms with van der Waals surface area (Å²) < 4.78 is 64.2. The Bertz CT molecular complexity index is 1530. The van der Waals surface area contributed by atoms with Gasteiger partial charge in [-0.3, -0.25) is 4.79 Å². The lowest BCUT2D eigenvalue weighted by Crippen LogP contribution is -2.20. The van der Waals surface area contributed by atoms with Gasteiger partial charge in [0.2, 0.25) is 5.91 Å². The van der Waals surface area contributed by atoms with E-state index in [-0.39, 0.29) is 24.5 Å². The van der Waals surface area contributed by atoms with Crippen LogP contribution in [0.2, 0.25) is 0 Å². The van der Waals surface area contributed by atoms with Crippen LogP contribution >= 0.6 is 27.3 Å². The molecule has 214 valence electrons. The summed E-state index contributed by atoms with van der Waals surface area (Å²) in [6, 6.07) is 14.2. The van der Waals surface area contributed by atoms with E-state index in [1.165, 1.54) is 30.5 Å². The molecule has 41 heavy (non-hydrogen) atoms. The minimum Gasteiger partial charge on any atom is -0.490 e. The van der Waals surface area contributed by atoms with E-state index < -0.39 is 17.6 Å². The maximum absolute atomic E-state index is 13.2. The topological polar surface area (TPSA) is 84.8 Å². The molecule has 0 aliphatic heterocycles. The molecule has 3 aromatic carbocycles. The van der Waals surface area contributed by atoms with Crippen molar-refractivity contribution in [2.45, 2.75) is 26.1 Å². The fourth-order valence-electron chi connectivity index (χ4n) is 3.53. The fraction of sp³-hybridized carbons (Fsp3) is 0.179. The number of anilines is 2. The number of nitrogens with zero attached hydrogens (tertiary/aromatic N) is 2. The number of hydrogen-bond donors (Lipinski definition) is 2. The van der Waals surface area contributed by atoms with Crippen molar-refractivity contribution < 1.29 is 31.8 Å². The van der Waals surface area contributed by atoms with Gasteiger partial charge in [0.05, 0.1) is 35.0 Å². The van der Waals surface area contributed by atoms with Crippen molar-refractivity contribution in [1.82, 2.24) is 10.4 Å². The SMILES string of the molecule is CCOc1cc(/C=N\NC(=O)Cc2csc(Nc3cccc(C(F)(F)F)c3)n2)cc(Br)c1OCc1ccc(F)cc1. The largest absolute Gasteiger partial charge is 0.490 e. The molecule has 0 unspecified atom stereocenters. The zero-order valence-corrected chi connectivity index (χ0v) is 23.9. The van der Waals surface area contributed by atoms with Crippen molar-refractivity contribution in [1.29, 1.82) is 0 Å². The van der Waals surface area contributed by atoms with Crippen LogP contribution in [0.15, 0.2) is 75.6 Å². The Labute approximate surface area is 245 Å². The Balaban J connectivity index is 1.34. The lowest BCUT2D eigenvalue weighted by molar-refractivity contribution is -0.137. The Morgan fingerprint density at radius 3 is 2.63 bits per heavy atom. The molecule has 2 N–H and O–H groups in total. The van der Waals surface area contributed by atoms with Gasteiger partial charge in [0, 0.05) is 11.1 Å². The van der Waals surface area contributed by atoms with E-state index in [4.69, 9.17) is 9.47 Å². The molecule has 13 heteroatoms. The zero-order chi connectivity index (χ0) is 29.4. The number of alkyl halides is 3. The van der Waals surface area contributed by atoms with Gasteiger partial charge in [-0.15, -0.1) is 11.3 Å². The van der Waals surface area contributed by atoms with Crippen LogP contribution in [0.4, 0.5) is 28.4 Å². The Morgan fingerprint density at radius 2 is 1.90 bits per heavy atom. The van der Waals surface area contributed by atoms with Gasteiger partial charge in [-0.05, 0) is 76.4 Å². The maximum Gasteiger partial charge on any atom is 0.416 e. The number of hydrogen-bond acceptors (Lipinski definition) is 7. The van der Waals surface area contributed by atoms with Gasteiger partial charge in [0.25, 0.3) is 0 Å². The standard InChI is InChI=1S/C28H23BrF4N4O3S/c1-2-39-24-11-18(10-23(29)26(24)40-15-17-6-8-20(30)9-7-17)14-34-37-25(38)13-22-16-41-27(36-22)35-21-5-3-4-19(12-21)28(31,32)33/h3-12,14,16H,2,13,15H2,1H3,(H,35,36)(H,37,38)/b34-14-. The molecule has 4 rings (SSSR count). The van der Waals surface area contributed by atoms with Gasteiger partial charge in [0.15, 0.2) is 16.6 Å². The third kappa shape index (κ3) is 8.76. The molecule has 1 amide bonds. The van der Waals surface area contributed by atoms with Crippen molar-refractivity contribution >= 4 is 50.2 Å². The van der Waals surface area contributed by atoms with Gasteiger partial charge in [-0.25, -0.2) is 14.8 Å². The number of thiazole rings is 1. The summed E-state index contributed by atoms with van der Waals surface area (Å²) in [7, 11) is 0. The van der Waals surface area contributed by atoms with Crippen LogP contribution in [0.3, 0.4) is 0 Å². The summed E-state index contributed by atoms with van der Waals surface area (Å²) >= 11 is 4.64. The van der Waals surface area contributed by atoms with Crippen LogP contribution in [0.5, 0.6) is 11.5 Å². The summed E-state index contributed by atoms with van der Waals surface area (Å²) in [5, 5.41) is 8.81.